The first-order chi connectivity index (χ1) is 6.66. The van der Waals surface area contributed by atoms with Gasteiger partial charge in [0.1, 0.15) is 5.38 Å². The van der Waals surface area contributed by atoms with Gasteiger partial charge in [-0.15, -0.1) is 11.6 Å². The number of carbonyl (C=O) groups excluding carboxylic acids is 1. The van der Waals surface area contributed by atoms with E-state index in [0.29, 0.717) is 0 Å². The SMILES string of the molecule is CCC(C)C(Cl)C(=O)N1CCCCC1. The van der Waals surface area contributed by atoms with Gasteiger partial charge in [-0.3, -0.25) is 4.79 Å². The molecule has 0 N–H and O–H groups in total. The molecule has 0 aromatic heterocycles. The van der Waals surface area contributed by atoms with E-state index in [0.717, 1.165) is 32.4 Å². The van der Waals surface area contributed by atoms with Gasteiger partial charge in [0, 0.05) is 13.1 Å². The van der Waals surface area contributed by atoms with Crippen LogP contribution in [0.4, 0.5) is 0 Å². The maximum absolute atomic E-state index is 11.9. The zero-order valence-electron chi connectivity index (χ0n) is 9.13. The van der Waals surface area contributed by atoms with E-state index in [-0.39, 0.29) is 17.2 Å². The predicted molar refractivity (Wildman–Crippen MR) is 59.5 cm³/mol. The fourth-order valence-electron chi connectivity index (χ4n) is 1.74. The summed E-state index contributed by atoms with van der Waals surface area (Å²) in [6.45, 7) is 5.92. The highest BCUT2D eigenvalue weighted by Gasteiger charge is 2.26. The number of nitrogens with zero attached hydrogens (tertiary/aromatic N) is 1. The lowest BCUT2D eigenvalue weighted by Crippen LogP contribution is -2.42. The quantitative estimate of drug-likeness (QED) is 0.666. The van der Waals surface area contributed by atoms with Crippen LogP contribution >= 0.6 is 11.6 Å². The van der Waals surface area contributed by atoms with E-state index in [9.17, 15) is 4.79 Å². The largest absolute Gasteiger partial charge is 0.341 e. The van der Waals surface area contributed by atoms with Crippen LogP contribution in [-0.2, 0) is 4.79 Å². The lowest BCUT2D eigenvalue weighted by Gasteiger charge is -2.30. The van der Waals surface area contributed by atoms with Crippen LogP contribution in [0.15, 0.2) is 0 Å². The first-order valence-corrected chi connectivity index (χ1v) is 6.03. The van der Waals surface area contributed by atoms with Gasteiger partial charge in [-0.1, -0.05) is 20.3 Å². The van der Waals surface area contributed by atoms with Crippen LogP contribution in [0.25, 0.3) is 0 Å². The molecule has 1 fully saturated rings. The lowest BCUT2D eigenvalue weighted by atomic mass is 10.0. The van der Waals surface area contributed by atoms with Crippen molar-refractivity contribution in [2.24, 2.45) is 5.92 Å². The summed E-state index contributed by atoms with van der Waals surface area (Å²) in [6, 6.07) is 0. The standard InChI is InChI=1S/C11H20ClNO/c1-3-9(2)10(12)11(14)13-7-5-4-6-8-13/h9-10H,3-8H2,1-2H3. The fraction of sp³-hybridized carbons (Fsp3) is 0.909. The number of hydrogen-bond donors (Lipinski definition) is 0. The van der Waals surface area contributed by atoms with Crippen LogP contribution in [0.1, 0.15) is 39.5 Å². The summed E-state index contributed by atoms with van der Waals surface area (Å²) in [5, 5.41) is -0.321. The van der Waals surface area contributed by atoms with Crippen molar-refractivity contribution >= 4 is 17.5 Å². The second-order valence-corrected chi connectivity index (χ2v) is 4.64. The molecule has 0 bridgehead atoms. The maximum atomic E-state index is 11.9. The number of amides is 1. The normalized spacial score (nSPS) is 21.8. The molecule has 0 spiro atoms. The van der Waals surface area contributed by atoms with Crippen molar-refractivity contribution in [3.05, 3.63) is 0 Å². The Balaban J connectivity index is 2.46. The summed E-state index contributed by atoms with van der Waals surface area (Å²) < 4.78 is 0. The van der Waals surface area contributed by atoms with Gasteiger partial charge in [-0.05, 0) is 25.2 Å². The van der Waals surface area contributed by atoms with Gasteiger partial charge in [0.25, 0.3) is 0 Å². The summed E-state index contributed by atoms with van der Waals surface area (Å²) in [5.74, 6) is 0.423. The van der Waals surface area contributed by atoms with Crippen molar-refractivity contribution in [3.8, 4) is 0 Å². The Kier molecular flexibility index (Phi) is 4.73. The van der Waals surface area contributed by atoms with Crippen LogP contribution in [0.3, 0.4) is 0 Å². The third-order valence-corrected chi connectivity index (χ3v) is 3.66. The molecular formula is C11H20ClNO. The molecule has 1 aliphatic heterocycles. The molecule has 0 aromatic carbocycles. The highest BCUT2D eigenvalue weighted by atomic mass is 35.5. The Labute approximate surface area is 91.6 Å². The number of carbonyl (C=O) groups is 1. The maximum Gasteiger partial charge on any atom is 0.240 e. The van der Waals surface area contributed by atoms with Gasteiger partial charge in [0.15, 0.2) is 0 Å². The molecule has 3 heteroatoms. The Morgan fingerprint density at radius 2 is 1.93 bits per heavy atom. The summed E-state index contributed by atoms with van der Waals surface area (Å²) >= 11 is 6.12. The molecule has 1 rings (SSSR count). The molecule has 82 valence electrons. The highest BCUT2D eigenvalue weighted by molar-refractivity contribution is 6.30. The Morgan fingerprint density at radius 1 is 1.36 bits per heavy atom. The first kappa shape index (κ1) is 11.8. The first-order valence-electron chi connectivity index (χ1n) is 5.59. The smallest absolute Gasteiger partial charge is 0.240 e. The Morgan fingerprint density at radius 3 is 2.43 bits per heavy atom. The molecule has 0 aliphatic carbocycles. The van der Waals surface area contributed by atoms with Crippen LogP contribution in [0.2, 0.25) is 0 Å². The highest BCUT2D eigenvalue weighted by Crippen LogP contribution is 2.19. The minimum atomic E-state index is -0.321. The Hall–Kier alpha value is -0.240. The molecular weight excluding hydrogens is 198 g/mol. The van der Waals surface area contributed by atoms with E-state index < -0.39 is 0 Å². The summed E-state index contributed by atoms with van der Waals surface area (Å²) in [6.07, 6.45) is 4.49. The number of piperidine rings is 1. The van der Waals surface area contributed by atoms with E-state index in [1.54, 1.807) is 0 Å². The Bertz CT molecular complexity index is 186. The minimum absolute atomic E-state index is 0.140. The number of hydrogen-bond acceptors (Lipinski definition) is 1. The van der Waals surface area contributed by atoms with Crippen molar-refractivity contribution in [2.45, 2.75) is 44.9 Å². The van der Waals surface area contributed by atoms with Crippen LogP contribution in [0, 0.1) is 5.92 Å². The van der Waals surface area contributed by atoms with Crippen molar-refractivity contribution in [1.29, 1.82) is 0 Å². The van der Waals surface area contributed by atoms with Gasteiger partial charge < -0.3 is 4.90 Å². The number of alkyl halides is 1. The molecule has 0 saturated carbocycles. The van der Waals surface area contributed by atoms with E-state index in [2.05, 4.69) is 6.92 Å². The zero-order chi connectivity index (χ0) is 10.6. The average molecular weight is 218 g/mol. The second kappa shape index (κ2) is 5.59. The van der Waals surface area contributed by atoms with Gasteiger partial charge >= 0.3 is 0 Å². The third kappa shape index (κ3) is 2.88. The molecule has 0 aromatic rings. The predicted octanol–water partition coefficient (Wildman–Crippen LogP) is 2.65. The molecule has 14 heavy (non-hydrogen) atoms. The summed E-state index contributed by atoms with van der Waals surface area (Å²) in [5.41, 5.74) is 0. The average Bonchev–Trinajstić information content (AvgIpc) is 2.27. The number of rotatable bonds is 3. The van der Waals surface area contributed by atoms with Crippen LogP contribution in [-0.4, -0.2) is 29.3 Å². The molecule has 0 radical (unpaired) electrons. The summed E-state index contributed by atoms with van der Waals surface area (Å²) in [7, 11) is 0. The van der Waals surface area contributed by atoms with Gasteiger partial charge in [0.2, 0.25) is 5.91 Å². The fourth-order valence-corrected chi connectivity index (χ4v) is 2.06. The molecule has 1 aliphatic rings. The van der Waals surface area contributed by atoms with Gasteiger partial charge in [0.05, 0.1) is 0 Å². The topological polar surface area (TPSA) is 20.3 Å². The van der Waals surface area contributed by atoms with Crippen LogP contribution in [0.5, 0.6) is 0 Å². The number of halogens is 1. The van der Waals surface area contributed by atoms with E-state index in [1.165, 1.54) is 6.42 Å². The van der Waals surface area contributed by atoms with Crippen LogP contribution < -0.4 is 0 Å². The van der Waals surface area contributed by atoms with E-state index in [1.807, 2.05) is 11.8 Å². The van der Waals surface area contributed by atoms with Crippen molar-refractivity contribution in [1.82, 2.24) is 4.90 Å². The van der Waals surface area contributed by atoms with Gasteiger partial charge in [-0.25, -0.2) is 0 Å². The van der Waals surface area contributed by atoms with E-state index in [4.69, 9.17) is 11.6 Å². The van der Waals surface area contributed by atoms with Gasteiger partial charge in [-0.2, -0.15) is 0 Å². The number of likely N-dealkylation sites (tertiary alicyclic amines) is 1. The minimum Gasteiger partial charge on any atom is -0.341 e. The second-order valence-electron chi connectivity index (χ2n) is 4.17. The lowest BCUT2D eigenvalue weighted by molar-refractivity contribution is -0.132. The third-order valence-electron chi connectivity index (χ3n) is 3.05. The van der Waals surface area contributed by atoms with Crippen molar-refractivity contribution < 1.29 is 4.79 Å². The monoisotopic (exact) mass is 217 g/mol. The van der Waals surface area contributed by atoms with Crippen molar-refractivity contribution in [2.75, 3.05) is 13.1 Å². The zero-order valence-corrected chi connectivity index (χ0v) is 9.89. The molecule has 2 nitrogen and oxygen atoms in total. The molecule has 2 atom stereocenters. The molecule has 1 saturated heterocycles. The molecule has 2 unspecified atom stereocenters. The van der Waals surface area contributed by atoms with E-state index >= 15 is 0 Å². The molecule has 1 heterocycles. The molecule has 1 amide bonds. The summed E-state index contributed by atoms with van der Waals surface area (Å²) in [4.78, 5) is 13.8. The van der Waals surface area contributed by atoms with Crippen molar-refractivity contribution in [3.63, 3.8) is 0 Å².